The van der Waals surface area contributed by atoms with Crippen molar-refractivity contribution in [2.75, 3.05) is 4.90 Å². The van der Waals surface area contributed by atoms with Gasteiger partial charge >= 0.3 is 0 Å². The van der Waals surface area contributed by atoms with E-state index in [1.807, 2.05) is 11.3 Å². The molecule has 0 radical (unpaired) electrons. The molecule has 0 unspecified atom stereocenters. The Balaban J connectivity index is 0.762. The second kappa shape index (κ2) is 17.0. The molecule has 13 aromatic rings. The smallest absolute Gasteiger partial charge is 0.0462 e. The van der Waals surface area contributed by atoms with Crippen LogP contribution in [0, 0.1) is 0 Å². The van der Waals surface area contributed by atoms with Gasteiger partial charge in [-0.15, -0.1) is 11.3 Å². The van der Waals surface area contributed by atoms with Crippen molar-refractivity contribution in [2.24, 2.45) is 0 Å². The molecule has 1 aliphatic carbocycles. The molecular weight excluding hydrogens is 875 g/mol. The number of hydrogen-bond donors (Lipinski definition) is 0. The monoisotopic (exact) mass is 919 g/mol. The molecule has 0 atom stereocenters. The molecule has 0 fully saturated rings. The zero-order chi connectivity index (χ0) is 46.8. The molecule has 332 valence electrons. The van der Waals surface area contributed by atoms with Gasteiger partial charge in [0.15, 0.2) is 0 Å². The number of allylic oxidation sites excluding steroid dienone is 1. The summed E-state index contributed by atoms with van der Waals surface area (Å²) < 4.78 is 2.66. The molecule has 0 bridgehead atoms. The van der Waals surface area contributed by atoms with Crippen LogP contribution in [0.5, 0.6) is 0 Å². The highest BCUT2D eigenvalue weighted by Gasteiger charge is 2.18. The Hall–Kier alpha value is -8.82. The van der Waals surface area contributed by atoms with Crippen molar-refractivity contribution in [3.63, 3.8) is 0 Å². The third-order valence-electron chi connectivity index (χ3n) is 14.7. The second-order valence-corrected chi connectivity index (χ2v) is 19.9. The minimum atomic E-state index is 0.960. The molecule has 1 aliphatic rings. The fourth-order valence-corrected chi connectivity index (χ4v) is 12.1. The molecule has 0 aliphatic heterocycles. The van der Waals surface area contributed by atoms with Gasteiger partial charge in [-0.2, -0.15) is 0 Å². The Morgan fingerprint density at radius 2 is 0.634 bits per heavy atom. The Morgan fingerprint density at radius 3 is 1.17 bits per heavy atom. The first-order chi connectivity index (χ1) is 35.1. The van der Waals surface area contributed by atoms with Gasteiger partial charge in [0.1, 0.15) is 0 Å². The summed E-state index contributed by atoms with van der Waals surface area (Å²) in [6, 6.07) is 94.1. The van der Waals surface area contributed by atoms with Gasteiger partial charge in [-0.05, 0) is 166 Å². The number of hydrogen-bond acceptors (Lipinski definition) is 2. The molecule has 1 heterocycles. The number of anilines is 3. The van der Waals surface area contributed by atoms with Crippen LogP contribution in [-0.4, -0.2) is 0 Å². The van der Waals surface area contributed by atoms with E-state index in [1.54, 1.807) is 0 Å². The van der Waals surface area contributed by atoms with Crippen molar-refractivity contribution in [1.29, 1.82) is 0 Å². The van der Waals surface area contributed by atoms with E-state index in [0.717, 1.165) is 23.5 Å². The van der Waals surface area contributed by atoms with Gasteiger partial charge in [0.05, 0.1) is 0 Å². The van der Waals surface area contributed by atoms with Crippen molar-refractivity contribution in [3.8, 4) is 44.5 Å². The predicted molar refractivity (Wildman–Crippen MR) is 306 cm³/mol. The lowest BCUT2D eigenvalue weighted by molar-refractivity contribution is 1.27. The Bertz CT molecular complexity index is 4160. The van der Waals surface area contributed by atoms with E-state index >= 15 is 0 Å². The summed E-state index contributed by atoms with van der Waals surface area (Å²) in [4.78, 5) is 2.37. The SMILES string of the molecule is C1=C(c2ccc(N(c3ccc(-c4ccc(-c5ccc6sc7ccccc7c6c5)cc4)cc3)c3ccc(-c4ccc(-c5ccc6c7ccccc7c7ccccc7c6c5)cc4)cc3)cc2)Cc2ccccc21. The van der Waals surface area contributed by atoms with E-state index in [0.29, 0.717) is 0 Å². The molecule has 1 nitrogen and oxygen atoms in total. The first kappa shape index (κ1) is 41.2. The average molecular weight is 920 g/mol. The standard InChI is InChI=1S/C69H45NS/c1-2-10-53-42-56(41-52(53)9-1)51-29-37-59(38-30-51)70(58-35-27-48(28-36-58)46-19-23-50(24-20-46)55-32-40-69-67(44-55)65-15-7-8-16-68(65)71-69)57-33-25-47(26-34-57)45-17-21-49(22-18-45)54-31-39-64-62-13-4-3-11-60(62)61-12-5-6-14-63(61)66(64)43-54/h1-41,43-44H,42H2. The Morgan fingerprint density at radius 1 is 0.268 bits per heavy atom. The average Bonchev–Trinajstić information content (AvgIpc) is 4.06. The third-order valence-corrected chi connectivity index (χ3v) is 15.9. The van der Waals surface area contributed by atoms with Crippen LogP contribution < -0.4 is 4.90 Å². The zero-order valence-electron chi connectivity index (χ0n) is 38.9. The van der Waals surface area contributed by atoms with Crippen molar-refractivity contribution in [3.05, 3.63) is 271 Å². The van der Waals surface area contributed by atoms with Crippen LogP contribution in [0.25, 0.3) is 109 Å². The van der Waals surface area contributed by atoms with Crippen LogP contribution in [0.3, 0.4) is 0 Å². The van der Waals surface area contributed by atoms with Gasteiger partial charge in [-0.3, -0.25) is 0 Å². The summed E-state index contributed by atoms with van der Waals surface area (Å²) in [6.45, 7) is 0. The van der Waals surface area contributed by atoms with Crippen LogP contribution in [0.15, 0.2) is 255 Å². The van der Waals surface area contributed by atoms with Gasteiger partial charge in [0, 0.05) is 37.2 Å². The molecule has 0 N–H and O–H groups in total. The van der Waals surface area contributed by atoms with Crippen molar-refractivity contribution in [1.82, 2.24) is 0 Å². The first-order valence-electron chi connectivity index (χ1n) is 24.5. The number of fused-ring (bicyclic) bond motifs is 10. The van der Waals surface area contributed by atoms with Crippen molar-refractivity contribution < 1.29 is 0 Å². The maximum atomic E-state index is 2.37. The molecule has 0 amide bonds. The number of thiophene rings is 1. The molecule has 12 aromatic carbocycles. The molecular formula is C69H45NS. The van der Waals surface area contributed by atoms with Crippen molar-refractivity contribution in [2.45, 2.75) is 6.42 Å². The Labute approximate surface area is 417 Å². The molecule has 0 spiro atoms. The highest BCUT2D eigenvalue weighted by atomic mass is 32.1. The van der Waals surface area contributed by atoms with Crippen molar-refractivity contribution >= 4 is 92.5 Å². The molecule has 14 rings (SSSR count). The lowest BCUT2D eigenvalue weighted by Crippen LogP contribution is -2.10. The maximum absolute atomic E-state index is 2.37. The predicted octanol–water partition coefficient (Wildman–Crippen LogP) is 19.7. The fraction of sp³-hybridized carbons (Fsp3) is 0.0145. The normalized spacial score (nSPS) is 12.3. The lowest BCUT2D eigenvalue weighted by Gasteiger charge is -2.26. The lowest BCUT2D eigenvalue weighted by atomic mass is 9.92. The number of benzene rings is 12. The number of rotatable bonds is 8. The topological polar surface area (TPSA) is 3.24 Å². The summed E-state index contributed by atoms with van der Waals surface area (Å²) in [5.74, 6) is 0. The summed E-state index contributed by atoms with van der Waals surface area (Å²) >= 11 is 1.86. The summed E-state index contributed by atoms with van der Waals surface area (Å²) in [6.07, 6.45) is 3.30. The summed E-state index contributed by atoms with van der Waals surface area (Å²) in [5.41, 5.74) is 18.3. The zero-order valence-corrected chi connectivity index (χ0v) is 39.7. The van der Waals surface area contributed by atoms with E-state index in [4.69, 9.17) is 0 Å². The largest absolute Gasteiger partial charge is 0.311 e. The maximum Gasteiger partial charge on any atom is 0.0462 e. The van der Waals surface area contributed by atoms with Crippen LogP contribution in [0.4, 0.5) is 17.1 Å². The molecule has 2 heteroatoms. The highest BCUT2D eigenvalue weighted by molar-refractivity contribution is 7.25. The van der Waals surface area contributed by atoms with Crippen LogP contribution >= 0.6 is 11.3 Å². The van der Waals surface area contributed by atoms with Gasteiger partial charge in [-0.1, -0.05) is 200 Å². The quantitative estimate of drug-likeness (QED) is 0.137. The van der Waals surface area contributed by atoms with Crippen LogP contribution in [0.1, 0.15) is 16.7 Å². The van der Waals surface area contributed by atoms with Gasteiger partial charge in [0.25, 0.3) is 0 Å². The second-order valence-electron chi connectivity index (χ2n) is 18.8. The fourth-order valence-electron chi connectivity index (χ4n) is 11.0. The number of nitrogens with zero attached hydrogens (tertiary/aromatic N) is 1. The Kier molecular flexibility index (Phi) is 9.86. The third kappa shape index (κ3) is 7.31. The summed E-state index contributed by atoms with van der Waals surface area (Å²) in [5, 5.41) is 10.4. The van der Waals surface area contributed by atoms with Crippen LogP contribution in [0.2, 0.25) is 0 Å². The van der Waals surface area contributed by atoms with Gasteiger partial charge in [0.2, 0.25) is 0 Å². The molecule has 0 saturated carbocycles. The molecule has 1 aromatic heterocycles. The van der Waals surface area contributed by atoms with Crippen LogP contribution in [-0.2, 0) is 6.42 Å². The minimum Gasteiger partial charge on any atom is -0.311 e. The van der Waals surface area contributed by atoms with E-state index in [1.165, 1.54) is 119 Å². The molecule has 71 heavy (non-hydrogen) atoms. The summed E-state index contributed by atoms with van der Waals surface area (Å²) in [7, 11) is 0. The van der Waals surface area contributed by atoms with Gasteiger partial charge < -0.3 is 4.90 Å². The minimum absolute atomic E-state index is 0.960. The molecule has 0 saturated heterocycles. The van der Waals surface area contributed by atoms with E-state index in [-0.39, 0.29) is 0 Å². The van der Waals surface area contributed by atoms with E-state index in [2.05, 4.69) is 266 Å². The first-order valence-corrected chi connectivity index (χ1v) is 25.3. The highest BCUT2D eigenvalue weighted by Crippen LogP contribution is 2.42. The van der Waals surface area contributed by atoms with E-state index in [9.17, 15) is 0 Å². The van der Waals surface area contributed by atoms with Gasteiger partial charge in [-0.25, -0.2) is 0 Å². The van der Waals surface area contributed by atoms with E-state index < -0.39 is 0 Å².